The summed E-state index contributed by atoms with van der Waals surface area (Å²) in [4.78, 5) is 53.0. The van der Waals surface area contributed by atoms with Crippen LogP contribution in [0.5, 0.6) is 0 Å². The predicted molar refractivity (Wildman–Crippen MR) is 158 cm³/mol. The topological polar surface area (TPSA) is 133 Å². The van der Waals surface area contributed by atoms with Gasteiger partial charge in [0.05, 0.1) is 24.1 Å². The number of fused-ring (bicyclic) bond motifs is 2. The third-order valence-electron chi connectivity index (χ3n) is 8.19. The smallest absolute Gasteiger partial charge is 0.331 e. The Hall–Kier alpha value is -4.43. The molecule has 1 saturated heterocycles. The highest BCUT2D eigenvalue weighted by atomic mass is 16.2. The van der Waals surface area contributed by atoms with Crippen LogP contribution >= 0.6 is 0 Å². The average Bonchev–Trinajstić information content (AvgIpc) is 3.30. The number of amides is 1. The zero-order valence-electron chi connectivity index (χ0n) is 23.4. The maximum Gasteiger partial charge on any atom is 0.331 e. The van der Waals surface area contributed by atoms with Crippen molar-refractivity contribution in [3.05, 3.63) is 62.7 Å². The van der Waals surface area contributed by atoms with Crippen molar-refractivity contribution in [2.75, 3.05) is 18.0 Å². The molecule has 2 aliphatic rings. The van der Waals surface area contributed by atoms with Gasteiger partial charge in [0, 0.05) is 43.8 Å². The standard InChI is InChI=1S/C30H34N8O3/c1-3-4-15-37-26-25(24(27(39)33-21-11-7-12-21)28(37)36-14-8-10-20(31)17-36)35(2)30(41)38(29(26)40)18-23-32-16-19-9-5-6-13-22(19)34-23/h5-6,9,13,16,20-21H,7-8,10-12,14-15,17-18,31H2,1-2H3,(H,33,39)/t20-/m1/s1. The van der Waals surface area contributed by atoms with Crippen LogP contribution in [0.4, 0.5) is 5.82 Å². The number of hydrogen-bond donors (Lipinski definition) is 2. The summed E-state index contributed by atoms with van der Waals surface area (Å²) in [6, 6.07) is 7.56. The van der Waals surface area contributed by atoms with Gasteiger partial charge in [0.1, 0.15) is 22.7 Å². The molecular weight excluding hydrogens is 520 g/mol. The second-order valence-corrected chi connectivity index (χ2v) is 10.9. The number of hydrogen-bond acceptors (Lipinski definition) is 7. The van der Waals surface area contributed by atoms with Gasteiger partial charge < -0.3 is 20.5 Å². The summed E-state index contributed by atoms with van der Waals surface area (Å²) in [5.74, 6) is 6.63. The number of anilines is 1. The Balaban J connectivity index is 1.59. The molecule has 6 rings (SSSR count). The lowest BCUT2D eigenvalue weighted by atomic mass is 9.93. The van der Waals surface area contributed by atoms with E-state index in [1.807, 2.05) is 24.3 Å². The van der Waals surface area contributed by atoms with Crippen molar-refractivity contribution in [1.82, 2.24) is 29.0 Å². The maximum absolute atomic E-state index is 14.2. The fourth-order valence-electron chi connectivity index (χ4n) is 5.86. The minimum absolute atomic E-state index is 0.0689. The van der Waals surface area contributed by atoms with Crippen molar-refractivity contribution < 1.29 is 4.79 Å². The predicted octanol–water partition coefficient (Wildman–Crippen LogP) is 1.73. The third kappa shape index (κ3) is 4.78. The van der Waals surface area contributed by atoms with Gasteiger partial charge in [-0.05, 0) is 45.1 Å². The molecule has 2 fully saturated rings. The molecule has 1 amide bonds. The fraction of sp³-hybridized carbons (Fsp3) is 0.433. The van der Waals surface area contributed by atoms with E-state index < -0.39 is 11.2 Å². The summed E-state index contributed by atoms with van der Waals surface area (Å²) in [7, 11) is 1.60. The molecule has 3 aromatic heterocycles. The highest BCUT2D eigenvalue weighted by Gasteiger charge is 2.34. The van der Waals surface area contributed by atoms with Crippen LogP contribution in [0.15, 0.2) is 40.1 Å². The summed E-state index contributed by atoms with van der Waals surface area (Å²) < 4.78 is 4.33. The van der Waals surface area contributed by atoms with Gasteiger partial charge in [-0.3, -0.25) is 18.7 Å². The van der Waals surface area contributed by atoms with E-state index in [1.54, 1.807) is 24.7 Å². The van der Waals surface area contributed by atoms with Crippen molar-refractivity contribution in [3.8, 4) is 11.8 Å². The average molecular weight is 555 g/mol. The third-order valence-corrected chi connectivity index (χ3v) is 8.19. The van der Waals surface area contributed by atoms with E-state index in [0.29, 0.717) is 35.8 Å². The van der Waals surface area contributed by atoms with E-state index in [4.69, 9.17) is 5.73 Å². The first-order valence-corrected chi connectivity index (χ1v) is 14.1. The summed E-state index contributed by atoms with van der Waals surface area (Å²) in [5, 5.41) is 4.00. The van der Waals surface area contributed by atoms with Gasteiger partial charge in [-0.25, -0.2) is 14.8 Å². The fourth-order valence-corrected chi connectivity index (χ4v) is 5.86. The van der Waals surface area contributed by atoms with Crippen LogP contribution in [-0.4, -0.2) is 54.7 Å². The molecule has 1 aliphatic carbocycles. The summed E-state index contributed by atoms with van der Waals surface area (Å²) in [6.07, 6.45) is 6.30. The van der Waals surface area contributed by atoms with E-state index in [0.717, 1.165) is 47.6 Å². The number of carbonyl (C=O) groups is 1. The molecule has 1 aromatic carbocycles. The van der Waals surface area contributed by atoms with Gasteiger partial charge in [0.2, 0.25) is 0 Å². The Labute approximate surface area is 237 Å². The van der Waals surface area contributed by atoms with Crippen LogP contribution in [-0.2, 0) is 20.1 Å². The van der Waals surface area contributed by atoms with E-state index >= 15 is 0 Å². The molecule has 0 bridgehead atoms. The molecule has 0 radical (unpaired) electrons. The SMILES string of the molecule is CC#CCn1c(N2CCC[C@@H](N)C2)c(C(=O)NC2CCC2)c2c1c(=O)n(Cc1ncc3ccccc3n1)c(=O)n2C. The lowest BCUT2D eigenvalue weighted by Crippen LogP contribution is -2.45. The first-order chi connectivity index (χ1) is 19.9. The molecule has 4 aromatic rings. The minimum atomic E-state index is -0.544. The molecular formula is C30H34N8O3. The molecule has 11 nitrogen and oxygen atoms in total. The van der Waals surface area contributed by atoms with Crippen LogP contribution in [0.1, 0.15) is 55.2 Å². The maximum atomic E-state index is 14.2. The second-order valence-electron chi connectivity index (χ2n) is 10.9. The molecule has 11 heteroatoms. The number of aromatic nitrogens is 5. The number of nitrogens with zero attached hydrogens (tertiary/aromatic N) is 6. The zero-order valence-corrected chi connectivity index (χ0v) is 23.4. The molecule has 1 aliphatic heterocycles. The number of nitrogens with two attached hydrogens (primary N) is 1. The Morgan fingerprint density at radius 1 is 1.12 bits per heavy atom. The number of benzene rings is 1. The van der Waals surface area contributed by atoms with Crippen molar-refractivity contribution in [1.29, 1.82) is 0 Å². The highest BCUT2D eigenvalue weighted by Crippen LogP contribution is 2.33. The Morgan fingerprint density at radius 3 is 2.66 bits per heavy atom. The number of carbonyl (C=O) groups excluding carboxylic acids is 1. The first-order valence-electron chi connectivity index (χ1n) is 14.1. The summed E-state index contributed by atoms with van der Waals surface area (Å²) in [6.45, 7) is 3.03. The summed E-state index contributed by atoms with van der Waals surface area (Å²) >= 11 is 0. The lowest BCUT2D eigenvalue weighted by Gasteiger charge is -2.34. The summed E-state index contributed by atoms with van der Waals surface area (Å²) in [5.41, 5.74) is 6.92. The van der Waals surface area contributed by atoms with Crippen molar-refractivity contribution >= 4 is 33.7 Å². The number of aryl methyl sites for hydroxylation is 1. The molecule has 0 unspecified atom stereocenters. The van der Waals surface area contributed by atoms with E-state index in [9.17, 15) is 14.4 Å². The lowest BCUT2D eigenvalue weighted by molar-refractivity contribution is 0.0918. The number of rotatable bonds is 6. The van der Waals surface area contributed by atoms with Crippen LogP contribution in [0.25, 0.3) is 21.9 Å². The Bertz CT molecular complexity index is 1840. The monoisotopic (exact) mass is 554 g/mol. The number of nitrogens with one attached hydrogen (secondary N) is 1. The Kier molecular flexibility index (Phi) is 7.09. The van der Waals surface area contributed by atoms with Gasteiger partial charge in [-0.15, -0.1) is 5.92 Å². The van der Waals surface area contributed by atoms with Crippen LogP contribution in [0.3, 0.4) is 0 Å². The molecule has 0 spiro atoms. The van der Waals surface area contributed by atoms with E-state index in [-0.39, 0.29) is 36.6 Å². The Morgan fingerprint density at radius 2 is 1.93 bits per heavy atom. The van der Waals surface area contributed by atoms with Gasteiger partial charge in [0.25, 0.3) is 11.5 Å². The number of piperidine rings is 1. The van der Waals surface area contributed by atoms with Gasteiger partial charge >= 0.3 is 5.69 Å². The quantitative estimate of drug-likeness (QED) is 0.347. The zero-order chi connectivity index (χ0) is 28.7. The van der Waals surface area contributed by atoms with Gasteiger partial charge in [-0.1, -0.05) is 24.1 Å². The van der Waals surface area contributed by atoms with Gasteiger partial charge in [-0.2, -0.15) is 0 Å². The molecule has 3 N–H and O–H groups in total. The molecule has 1 saturated carbocycles. The normalized spacial score (nSPS) is 17.3. The number of para-hydroxylation sites is 1. The largest absolute Gasteiger partial charge is 0.356 e. The van der Waals surface area contributed by atoms with Crippen LogP contribution in [0.2, 0.25) is 0 Å². The van der Waals surface area contributed by atoms with Crippen LogP contribution in [0, 0.1) is 11.8 Å². The molecule has 212 valence electrons. The van der Waals surface area contributed by atoms with Crippen molar-refractivity contribution in [3.63, 3.8) is 0 Å². The molecule has 1 atom stereocenters. The first kappa shape index (κ1) is 26.8. The van der Waals surface area contributed by atoms with E-state index in [2.05, 4.69) is 32.0 Å². The van der Waals surface area contributed by atoms with Crippen molar-refractivity contribution in [2.24, 2.45) is 12.8 Å². The second kappa shape index (κ2) is 10.9. The van der Waals surface area contributed by atoms with E-state index in [1.165, 1.54) is 4.57 Å². The minimum Gasteiger partial charge on any atom is -0.356 e. The highest BCUT2D eigenvalue weighted by molar-refractivity contribution is 6.11. The van der Waals surface area contributed by atoms with Crippen LogP contribution < -0.4 is 27.2 Å². The van der Waals surface area contributed by atoms with Gasteiger partial charge in [0.15, 0.2) is 0 Å². The molecule has 4 heterocycles. The molecule has 41 heavy (non-hydrogen) atoms. The van der Waals surface area contributed by atoms with Crippen molar-refractivity contribution in [2.45, 2.75) is 64.2 Å².